The van der Waals surface area contributed by atoms with E-state index in [1.165, 1.54) is 21.0 Å². The highest BCUT2D eigenvalue weighted by molar-refractivity contribution is 5.67. The number of hydrogen-bond acceptors (Lipinski definition) is 8. The summed E-state index contributed by atoms with van der Waals surface area (Å²) in [5, 5.41) is 0. The molecule has 1 saturated heterocycles. The number of hydrogen-bond donors (Lipinski definition) is 0. The summed E-state index contributed by atoms with van der Waals surface area (Å²) in [6.45, 7) is 3.22. The van der Waals surface area contributed by atoms with Gasteiger partial charge in [-0.2, -0.15) is 0 Å². The van der Waals surface area contributed by atoms with Crippen LogP contribution in [-0.2, 0) is 51.2 Å². The highest BCUT2D eigenvalue weighted by atomic mass is 16.8. The summed E-state index contributed by atoms with van der Waals surface area (Å²) in [6, 6.07) is 19.2. The molecule has 3 rings (SSSR count). The van der Waals surface area contributed by atoms with Crippen LogP contribution in [0, 0.1) is 0 Å². The number of carbonyl (C=O) groups is 2. The highest BCUT2D eigenvalue weighted by Crippen LogP contribution is 2.38. The molecule has 4 atom stereocenters. The fraction of sp³-hybridized carbons (Fsp3) is 0.440. The van der Waals surface area contributed by atoms with E-state index in [1.807, 2.05) is 60.7 Å². The Kier molecular flexibility index (Phi) is 8.96. The van der Waals surface area contributed by atoms with Gasteiger partial charge >= 0.3 is 11.9 Å². The van der Waals surface area contributed by atoms with Crippen molar-refractivity contribution in [2.75, 3.05) is 20.3 Å². The van der Waals surface area contributed by atoms with E-state index in [-0.39, 0.29) is 19.8 Å². The van der Waals surface area contributed by atoms with E-state index in [2.05, 4.69) is 0 Å². The van der Waals surface area contributed by atoms with Gasteiger partial charge in [-0.15, -0.1) is 0 Å². The van der Waals surface area contributed by atoms with Crippen LogP contribution in [0.15, 0.2) is 60.7 Å². The van der Waals surface area contributed by atoms with Crippen LogP contribution < -0.4 is 0 Å². The van der Waals surface area contributed by atoms with Crippen LogP contribution in [0.2, 0.25) is 0 Å². The normalized spacial score (nSPS) is 24.4. The van der Waals surface area contributed by atoms with Crippen LogP contribution in [0.25, 0.3) is 0 Å². The Hall–Kier alpha value is -2.78. The quantitative estimate of drug-likeness (QED) is 0.475. The Morgan fingerprint density at radius 3 is 1.97 bits per heavy atom. The predicted molar refractivity (Wildman–Crippen MR) is 118 cm³/mol. The van der Waals surface area contributed by atoms with Crippen LogP contribution in [0.1, 0.15) is 25.0 Å². The molecular weight excluding hydrogens is 428 g/mol. The molecule has 1 aliphatic heterocycles. The van der Waals surface area contributed by atoms with Crippen LogP contribution in [0.4, 0.5) is 0 Å². The van der Waals surface area contributed by atoms with E-state index in [4.69, 9.17) is 28.4 Å². The maximum absolute atomic E-state index is 11.9. The fourth-order valence-corrected chi connectivity index (χ4v) is 3.81. The Morgan fingerprint density at radius 2 is 1.42 bits per heavy atom. The largest absolute Gasteiger partial charge is 0.453 e. The molecule has 0 aromatic heterocycles. The van der Waals surface area contributed by atoms with E-state index >= 15 is 0 Å². The zero-order chi connectivity index (χ0) is 23.7. The first-order valence-electron chi connectivity index (χ1n) is 10.7. The highest BCUT2D eigenvalue weighted by Gasteiger charge is 2.59. The molecule has 8 nitrogen and oxygen atoms in total. The summed E-state index contributed by atoms with van der Waals surface area (Å²) in [7, 11) is 1.52. The Labute approximate surface area is 193 Å². The maximum atomic E-state index is 11.9. The van der Waals surface area contributed by atoms with Gasteiger partial charge in [0.15, 0.2) is 6.10 Å². The molecule has 178 valence electrons. The van der Waals surface area contributed by atoms with Gasteiger partial charge in [0.1, 0.15) is 11.7 Å². The van der Waals surface area contributed by atoms with Gasteiger partial charge in [0, 0.05) is 21.0 Å². The molecule has 0 bridgehead atoms. The molecular formula is C25H30O8. The number of esters is 2. The standard InChI is InChI=1S/C25H30O8/c1-18(26)31-22-23(30-15-21-12-8-5-9-13-21)25(16-28-3,33-24(22)32-19(2)27)17-29-14-20-10-6-4-7-11-20/h4-13,22-24H,14-17H2,1-3H3/t22-,23+,24?,25-/m1/s1. The van der Waals surface area contributed by atoms with Crippen molar-refractivity contribution in [3.8, 4) is 0 Å². The SMILES string of the molecule is COC[C@]1(COCc2ccccc2)OC(OC(C)=O)[C@H](OC(C)=O)[C@@H]1OCc1ccccc1. The summed E-state index contributed by atoms with van der Waals surface area (Å²) in [6.07, 6.45) is -2.98. The average Bonchev–Trinajstić information content (AvgIpc) is 3.05. The molecule has 2 aromatic rings. The molecule has 1 fully saturated rings. The van der Waals surface area contributed by atoms with E-state index < -0.39 is 36.0 Å². The predicted octanol–water partition coefficient (Wildman–Crippen LogP) is 3.02. The third kappa shape index (κ3) is 6.85. The second kappa shape index (κ2) is 11.9. The molecule has 33 heavy (non-hydrogen) atoms. The monoisotopic (exact) mass is 458 g/mol. The van der Waals surface area contributed by atoms with Crippen LogP contribution >= 0.6 is 0 Å². The topological polar surface area (TPSA) is 89.5 Å². The zero-order valence-corrected chi connectivity index (χ0v) is 19.1. The second-order valence-electron chi connectivity index (χ2n) is 7.86. The summed E-state index contributed by atoms with van der Waals surface area (Å²) in [5.41, 5.74) is 0.725. The lowest BCUT2D eigenvalue weighted by atomic mass is 9.96. The van der Waals surface area contributed by atoms with Gasteiger partial charge < -0.3 is 28.4 Å². The number of ether oxygens (including phenoxy) is 6. The molecule has 2 aromatic carbocycles. The van der Waals surface area contributed by atoms with E-state index in [0.29, 0.717) is 6.61 Å². The van der Waals surface area contributed by atoms with Crippen molar-refractivity contribution in [2.24, 2.45) is 0 Å². The van der Waals surface area contributed by atoms with E-state index in [0.717, 1.165) is 11.1 Å². The van der Waals surface area contributed by atoms with Crippen molar-refractivity contribution in [3.05, 3.63) is 71.8 Å². The molecule has 0 N–H and O–H groups in total. The molecule has 0 radical (unpaired) electrons. The molecule has 1 unspecified atom stereocenters. The lowest BCUT2D eigenvalue weighted by molar-refractivity contribution is -0.220. The van der Waals surface area contributed by atoms with Crippen molar-refractivity contribution in [1.29, 1.82) is 0 Å². The number of rotatable bonds is 11. The van der Waals surface area contributed by atoms with Crippen molar-refractivity contribution in [1.82, 2.24) is 0 Å². The van der Waals surface area contributed by atoms with Crippen molar-refractivity contribution in [3.63, 3.8) is 0 Å². The van der Waals surface area contributed by atoms with Gasteiger partial charge in [0.05, 0.1) is 26.4 Å². The summed E-state index contributed by atoms with van der Waals surface area (Å²) in [5.74, 6) is -1.12. The molecule has 0 amide bonds. The summed E-state index contributed by atoms with van der Waals surface area (Å²) in [4.78, 5) is 23.6. The Bertz CT molecular complexity index is 888. The van der Waals surface area contributed by atoms with E-state index in [1.54, 1.807) is 0 Å². The van der Waals surface area contributed by atoms with Gasteiger partial charge in [0.25, 0.3) is 0 Å². The van der Waals surface area contributed by atoms with Gasteiger partial charge in [-0.25, -0.2) is 0 Å². The van der Waals surface area contributed by atoms with Gasteiger partial charge in [0.2, 0.25) is 6.29 Å². The third-order valence-corrected chi connectivity index (χ3v) is 5.14. The minimum atomic E-state index is -1.18. The van der Waals surface area contributed by atoms with Gasteiger partial charge in [-0.1, -0.05) is 60.7 Å². The number of methoxy groups -OCH3 is 1. The molecule has 0 aliphatic carbocycles. The number of benzene rings is 2. The minimum Gasteiger partial charge on any atom is -0.453 e. The Morgan fingerprint density at radius 1 is 0.848 bits per heavy atom. The average molecular weight is 459 g/mol. The van der Waals surface area contributed by atoms with Crippen LogP contribution in [0.5, 0.6) is 0 Å². The lowest BCUT2D eigenvalue weighted by Crippen LogP contribution is -2.52. The Balaban J connectivity index is 1.86. The molecule has 1 aliphatic rings. The summed E-state index contributed by atoms with van der Waals surface area (Å²) < 4.78 is 34.7. The third-order valence-electron chi connectivity index (χ3n) is 5.14. The van der Waals surface area contributed by atoms with Crippen molar-refractivity contribution in [2.45, 2.75) is 51.2 Å². The first kappa shape index (κ1) is 24.9. The van der Waals surface area contributed by atoms with Gasteiger partial charge in [-0.3, -0.25) is 9.59 Å². The maximum Gasteiger partial charge on any atom is 0.305 e. The van der Waals surface area contributed by atoms with Crippen molar-refractivity contribution < 1.29 is 38.0 Å². The first-order valence-corrected chi connectivity index (χ1v) is 10.7. The van der Waals surface area contributed by atoms with Crippen LogP contribution in [0.3, 0.4) is 0 Å². The summed E-state index contributed by atoms with van der Waals surface area (Å²) >= 11 is 0. The lowest BCUT2D eigenvalue weighted by Gasteiger charge is -2.33. The van der Waals surface area contributed by atoms with Crippen LogP contribution in [-0.4, -0.2) is 56.4 Å². The zero-order valence-electron chi connectivity index (χ0n) is 19.1. The van der Waals surface area contributed by atoms with E-state index in [9.17, 15) is 9.59 Å². The number of carbonyl (C=O) groups excluding carboxylic acids is 2. The first-order chi connectivity index (χ1) is 15.9. The minimum absolute atomic E-state index is 0.0602. The molecule has 0 saturated carbocycles. The van der Waals surface area contributed by atoms with Crippen molar-refractivity contribution >= 4 is 11.9 Å². The molecule has 1 heterocycles. The second-order valence-corrected chi connectivity index (χ2v) is 7.86. The molecule has 0 spiro atoms. The molecule has 8 heteroatoms. The van der Waals surface area contributed by atoms with Gasteiger partial charge in [-0.05, 0) is 11.1 Å². The smallest absolute Gasteiger partial charge is 0.305 e. The fourth-order valence-electron chi connectivity index (χ4n) is 3.81.